The number of thiazole rings is 1. The van der Waals surface area contributed by atoms with Crippen LogP contribution in [0.25, 0.3) is 10.7 Å². The fourth-order valence-electron chi connectivity index (χ4n) is 3.20. The monoisotopic (exact) mass is 382 g/mol. The third-order valence-electron chi connectivity index (χ3n) is 4.64. The second kappa shape index (κ2) is 6.89. The van der Waals surface area contributed by atoms with Gasteiger partial charge in [0.1, 0.15) is 28.8 Å². The van der Waals surface area contributed by atoms with E-state index in [0.29, 0.717) is 35.9 Å². The van der Waals surface area contributed by atoms with E-state index in [2.05, 4.69) is 25.5 Å². The highest BCUT2D eigenvalue weighted by Gasteiger charge is 2.46. The summed E-state index contributed by atoms with van der Waals surface area (Å²) >= 11 is 1.05. The molecule has 1 aliphatic carbocycles. The minimum atomic E-state index is -0.811. The van der Waals surface area contributed by atoms with E-state index >= 15 is 0 Å². The summed E-state index contributed by atoms with van der Waals surface area (Å²) in [6, 6.07) is 11.0. The van der Waals surface area contributed by atoms with E-state index in [-0.39, 0.29) is 16.2 Å². The Hall–Kier alpha value is -3.12. The van der Waals surface area contributed by atoms with Crippen LogP contribution in [0.3, 0.4) is 0 Å². The van der Waals surface area contributed by atoms with Gasteiger partial charge in [0, 0.05) is 23.9 Å². The van der Waals surface area contributed by atoms with Crippen molar-refractivity contribution in [2.24, 2.45) is 0 Å². The van der Waals surface area contributed by atoms with Gasteiger partial charge < -0.3 is 10.4 Å². The number of nitriles is 1. The maximum atomic E-state index is 13.6. The molecule has 0 bridgehead atoms. The molecule has 1 saturated carbocycles. The van der Waals surface area contributed by atoms with Crippen molar-refractivity contribution in [1.29, 1.82) is 5.26 Å². The standard InChI is InChI=1S/C18H15FN6OS/c19-11-7-18(8-11,14-3-1-2-6-21-14)10-22-15-5-4-12(24-25-15)17-23-16(26)13(9-20)27-17/h1-6,11,26H,7-8,10H2,(H,22,25). The summed E-state index contributed by atoms with van der Waals surface area (Å²) in [6.07, 6.45) is 1.76. The number of nitrogens with zero attached hydrogens (tertiary/aromatic N) is 5. The van der Waals surface area contributed by atoms with E-state index in [0.717, 1.165) is 17.0 Å². The van der Waals surface area contributed by atoms with Crippen molar-refractivity contribution in [1.82, 2.24) is 20.2 Å². The SMILES string of the molecule is N#Cc1sc(-c2ccc(NCC3(c4ccccn4)CC(F)C3)nn2)nc1O. The number of aromatic hydroxyl groups is 1. The molecule has 2 N–H and O–H groups in total. The van der Waals surface area contributed by atoms with Gasteiger partial charge in [0.05, 0.1) is 0 Å². The average Bonchev–Trinajstić information content (AvgIpc) is 3.06. The van der Waals surface area contributed by atoms with Gasteiger partial charge in [0.15, 0.2) is 4.88 Å². The first-order valence-corrected chi connectivity index (χ1v) is 9.15. The molecule has 0 amide bonds. The Morgan fingerprint density at radius 1 is 1.30 bits per heavy atom. The Labute approximate surface area is 158 Å². The quantitative estimate of drug-likeness (QED) is 0.698. The van der Waals surface area contributed by atoms with Gasteiger partial charge in [-0.3, -0.25) is 4.98 Å². The molecule has 0 spiro atoms. The summed E-state index contributed by atoms with van der Waals surface area (Å²) in [4.78, 5) is 8.44. The highest BCUT2D eigenvalue weighted by molar-refractivity contribution is 7.15. The van der Waals surface area contributed by atoms with Crippen LogP contribution in [0.2, 0.25) is 0 Å². The van der Waals surface area contributed by atoms with Crippen molar-refractivity contribution in [3.63, 3.8) is 0 Å². The maximum absolute atomic E-state index is 13.6. The number of hydrogen-bond acceptors (Lipinski definition) is 8. The van der Waals surface area contributed by atoms with Crippen LogP contribution in [0.15, 0.2) is 36.5 Å². The highest BCUT2D eigenvalue weighted by atomic mass is 32.1. The molecule has 0 unspecified atom stereocenters. The number of alkyl halides is 1. The van der Waals surface area contributed by atoms with Crippen LogP contribution in [0, 0.1) is 11.3 Å². The van der Waals surface area contributed by atoms with Gasteiger partial charge in [0.25, 0.3) is 0 Å². The van der Waals surface area contributed by atoms with Gasteiger partial charge in [-0.1, -0.05) is 17.4 Å². The van der Waals surface area contributed by atoms with E-state index in [1.807, 2.05) is 24.3 Å². The highest BCUT2D eigenvalue weighted by Crippen LogP contribution is 2.44. The molecular formula is C18H15FN6OS. The van der Waals surface area contributed by atoms with Crippen molar-refractivity contribution >= 4 is 17.2 Å². The number of hydrogen-bond donors (Lipinski definition) is 2. The zero-order valence-corrected chi connectivity index (χ0v) is 14.9. The Balaban J connectivity index is 1.48. The summed E-state index contributed by atoms with van der Waals surface area (Å²) in [5, 5.41) is 30.3. The molecule has 1 aliphatic rings. The summed E-state index contributed by atoms with van der Waals surface area (Å²) in [7, 11) is 0. The van der Waals surface area contributed by atoms with Crippen LogP contribution >= 0.6 is 11.3 Å². The minimum absolute atomic E-state index is 0.136. The third-order valence-corrected chi connectivity index (χ3v) is 5.61. The van der Waals surface area contributed by atoms with Gasteiger partial charge >= 0.3 is 0 Å². The van der Waals surface area contributed by atoms with E-state index < -0.39 is 6.17 Å². The normalized spacial score (nSPS) is 21.3. The fourth-order valence-corrected chi connectivity index (χ4v) is 3.92. The molecule has 9 heteroatoms. The van der Waals surface area contributed by atoms with Crippen LogP contribution in [-0.2, 0) is 5.41 Å². The van der Waals surface area contributed by atoms with Gasteiger partial charge in [-0.15, -0.1) is 10.2 Å². The Kier molecular flexibility index (Phi) is 4.41. The predicted octanol–water partition coefficient (Wildman–Crippen LogP) is 3.05. The Bertz CT molecular complexity index is 979. The first-order chi connectivity index (χ1) is 13.1. The average molecular weight is 382 g/mol. The molecule has 3 aromatic heterocycles. The van der Waals surface area contributed by atoms with Gasteiger partial charge in [-0.05, 0) is 37.1 Å². The van der Waals surface area contributed by atoms with Crippen molar-refractivity contribution in [3.8, 4) is 22.7 Å². The lowest BCUT2D eigenvalue weighted by molar-refractivity contribution is 0.0996. The lowest BCUT2D eigenvalue weighted by atomic mass is 9.65. The lowest BCUT2D eigenvalue weighted by Crippen LogP contribution is -2.48. The van der Waals surface area contributed by atoms with Crippen LogP contribution in [0.5, 0.6) is 5.88 Å². The second-order valence-corrected chi connectivity index (χ2v) is 7.44. The lowest BCUT2D eigenvalue weighted by Gasteiger charge is -2.43. The molecule has 0 radical (unpaired) electrons. The van der Waals surface area contributed by atoms with Crippen molar-refractivity contribution < 1.29 is 9.50 Å². The number of aromatic nitrogens is 4. The number of anilines is 1. The zero-order chi connectivity index (χ0) is 18.9. The maximum Gasteiger partial charge on any atom is 0.241 e. The summed E-state index contributed by atoms with van der Waals surface area (Å²) < 4.78 is 13.6. The second-order valence-electron chi connectivity index (χ2n) is 6.44. The van der Waals surface area contributed by atoms with Crippen LogP contribution < -0.4 is 5.32 Å². The first-order valence-electron chi connectivity index (χ1n) is 8.33. The molecule has 0 aromatic carbocycles. The molecule has 3 heterocycles. The van der Waals surface area contributed by atoms with Gasteiger partial charge in [-0.25, -0.2) is 4.39 Å². The Morgan fingerprint density at radius 3 is 2.74 bits per heavy atom. The molecule has 7 nitrogen and oxygen atoms in total. The third kappa shape index (κ3) is 3.31. The van der Waals surface area contributed by atoms with Gasteiger partial charge in [-0.2, -0.15) is 10.2 Å². The Morgan fingerprint density at radius 2 is 2.15 bits per heavy atom. The fraction of sp³-hybridized carbons (Fsp3) is 0.278. The summed E-state index contributed by atoms with van der Waals surface area (Å²) in [5.74, 6) is 0.252. The molecule has 0 atom stereocenters. The molecule has 136 valence electrons. The van der Waals surface area contributed by atoms with Crippen LogP contribution in [0.4, 0.5) is 10.2 Å². The molecular weight excluding hydrogens is 367 g/mol. The number of rotatable bonds is 5. The van der Waals surface area contributed by atoms with Gasteiger partial charge in [0.2, 0.25) is 5.88 Å². The number of pyridine rings is 1. The molecule has 1 fully saturated rings. The summed E-state index contributed by atoms with van der Waals surface area (Å²) in [5.41, 5.74) is 0.997. The van der Waals surface area contributed by atoms with Crippen molar-refractivity contribution in [2.45, 2.75) is 24.4 Å². The number of nitrogens with one attached hydrogen (secondary N) is 1. The molecule has 4 rings (SSSR count). The predicted molar refractivity (Wildman–Crippen MR) is 98.1 cm³/mol. The zero-order valence-electron chi connectivity index (χ0n) is 14.1. The largest absolute Gasteiger partial charge is 0.492 e. The molecule has 3 aromatic rings. The van der Waals surface area contributed by atoms with Crippen LogP contribution in [0.1, 0.15) is 23.4 Å². The van der Waals surface area contributed by atoms with E-state index in [9.17, 15) is 9.50 Å². The molecule has 0 saturated heterocycles. The summed E-state index contributed by atoms with van der Waals surface area (Å²) in [6.45, 7) is 0.509. The van der Waals surface area contributed by atoms with E-state index in [1.54, 1.807) is 18.3 Å². The topological polar surface area (TPSA) is 108 Å². The van der Waals surface area contributed by atoms with Crippen LogP contribution in [-0.4, -0.2) is 38.0 Å². The first kappa shape index (κ1) is 17.3. The van der Waals surface area contributed by atoms with E-state index in [1.165, 1.54) is 0 Å². The van der Waals surface area contributed by atoms with E-state index in [4.69, 9.17) is 5.26 Å². The molecule has 0 aliphatic heterocycles. The van der Waals surface area contributed by atoms with Crippen molar-refractivity contribution in [3.05, 3.63) is 47.1 Å². The van der Waals surface area contributed by atoms with Crippen molar-refractivity contribution in [2.75, 3.05) is 11.9 Å². The number of halogens is 1. The molecule has 27 heavy (non-hydrogen) atoms. The minimum Gasteiger partial charge on any atom is -0.492 e. The smallest absolute Gasteiger partial charge is 0.241 e.